The first-order valence-corrected chi connectivity index (χ1v) is 7.18. The molecule has 0 unspecified atom stereocenters. The molecule has 0 saturated carbocycles. The minimum atomic E-state index is -0.238. The van der Waals surface area contributed by atoms with Crippen molar-refractivity contribution in [2.45, 2.75) is 40.8 Å². The molecule has 0 aliphatic carbocycles. The van der Waals surface area contributed by atoms with Gasteiger partial charge in [-0.15, -0.1) is 0 Å². The molecule has 20 heavy (non-hydrogen) atoms. The molecule has 2 aromatic heterocycles. The van der Waals surface area contributed by atoms with E-state index >= 15 is 0 Å². The molecule has 2 heterocycles. The zero-order valence-electron chi connectivity index (χ0n) is 12.0. The van der Waals surface area contributed by atoms with E-state index in [0.29, 0.717) is 17.7 Å². The summed E-state index contributed by atoms with van der Waals surface area (Å²) >= 11 is 3.48. The Morgan fingerprint density at radius 1 is 1.20 bits per heavy atom. The summed E-state index contributed by atoms with van der Waals surface area (Å²) in [7, 11) is 0. The Labute approximate surface area is 124 Å². The van der Waals surface area contributed by atoms with E-state index in [0.717, 1.165) is 15.9 Å². The molecule has 0 amide bonds. The van der Waals surface area contributed by atoms with Crippen molar-refractivity contribution in [1.82, 2.24) is 19.6 Å². The first-order valence-electron chi connectivity index (χ1n) is 6.38. The number of hydrogen-bond donors (Lipinski definition) is 1. The Morgan fingerprint density at radius 2 is 1.85 bits per heavy atom. The lowest BCUT2D eigenvalue weighted by atomic mass is 10.2. The SMILES string of the molecule is CCn1nc(C)c(Br)c1Cn1[nH]c(=O)c(C)c(C)c1=O. The third kappa shape index (κ3) is 2.37. The molecule has 6 nitrogen and oxygen atoms in total. The van der Waals surface area contributed by atoms with Gasteiger partial charge in [0.05, 0.1) is 22.4 Å². The summed E-state index contributed by atoms with van der Waals surface area (Å²) in [6.07, 6.45) is 0. The predicted molar refractivity (Wildman–Crippen MR) is 80.2 cm³/mol. The van der Waals surface area contributed by atoms with Crippen LogP contribution in [0.3, 0.4) is 0 Å². The van der Waals surface area contributed by atoms with Crippen molar-refractivity contribution < 1.29 is 0 Å². The molecule has 0 bridgehead atoms. The van der Waals surface area contributed by atoms with E-state index in [1.54, 1.807) is 13.8 Å². The fraction of sp³-hybridized carbons (Fsp3) is 0.462. The lowest BCUT2D eigenvalue weighted by Crippen LogP contribution is -2.34. The van der Waals surface area contributed by atoms with Crippen molar-refractivity contribution in [1.29, 1.82) is 0 Å². The minimum absolute atomic E-state index is 0.185. The Kier molecular flexibility index (Phi) is 3.99. The van der Waals surface area contributed by atoms with Crippen molar-refractivity contribution >= 4 is 15.9 Å². The summed E-state index contributed by atoms with van der Waals surface area (Å²) in [5.41, 5.74) is 2.25. The fourth-order valence-corrected chi connectivity index (χ4v) is 2.48. The molecule has 0 atom stereocenters. The number of hydrogen-bond acceptors (Lipinski definition) is 3. The van der Waals surface area contributed by atoms with Crippen LogP contribution in [0.5, 0.6) is 0 Å². The average Bonchev–Trinajstić information content (AvgIpc) is 2.70. The molecule has 0 aliphatic rings. The maximum Gasteiger partial charge on any atom is 0.268 e. The maximum atomic E-state index is 12.2. The highest BCUT2D eigenvalue weighted by molar-refractivity contribution is 9.10. The van der Waals surface area contributed by atoms with Crippen LogP contribution in [0.2, 0.25) is 0 Å². The number of nitrogens with one attached hydrogen (secondary N) is 1. The summed E-state index contributed by atoms with van der Waals surface area (Å²) < 4.78 is 4.02. The lowest BCUT2D eigenvalue weighted by Gasteiger charge is -2.10. The largest absolute Gasteiger partial charge is 0.268 e. The number of nitrogens with zero attached hydrogens (tertiary/aromatic N) is 3. The Balaban J connectivity index is 2.57. The van der Waals surface area contributed by atoms with Crippen molar-refractivity contribution in [3.63, 3.8) is 0 Å². The molecule has 2 rings (SSSR count). The normalized spacial score (nSPS) is 11.1. The van der Waals surface area contributed by atoms with Gasteiger partial charge in [0.1, 0.15) is 0 Å². The number of rotatable bonds is 3. The van der Waals surface area contributed by atoms with Crippen LogP contribution >= 0.6 is 15.9 Å². The van der Waals surface area contributed by atoms with Crippen LogP contribution in [0.25, 0.3) is 0 Å². The van der Waals surface area contributed by atoms with Gasteiger partial charge in [-0.25, -0.2) is 4.68 Å². The second kappa shape index (κ2) is 5.40. The zero-order chi connectivity index (χ0) is 15.0. The molecule has 0 fully saturated rings. The van der Waals surface area contributed by atoms with Crippen LogP contribution in [0.15, 0.2) is 14.1 Å². The highest BCUT2D eigenvalue weighted by Crippen LogP contribution is 2.21. The van der Waals surface area contributed by atoms with Gasteiger partial charge in [0.2, 0.25) is 0 Å². The second-order valence-electron chi connectivity index (χ2n) is 4.74. The Hall–Kier alpha value is -1.63. The molecule has 0 radical (unpaired) electrons. The Morgan fingerprint density at radius 3 is 2.45 bits per heavy atom. The smallest absolute Gasteiger partial charge is 0.268 e. The van der Waals surface area contributed by atoms with E-state index in [2.05, 4.69) is 26.1 Å². The van der Waals surface area contributed by atoms with E-state index in [1.807, 2.05) is 18.5 Å². The molecule has 0 spiro atoms. The van der Waals surface area contributed by atoms with Crippen LogP contribution in [-0.4, -0.2) is 19.6 Å². The van der Waals surface area contributed by atoms with Crippen molar-refractivity contribution in [2.75, 3.05) is 0 Å². The number of halogens is 1. The number of aromatic nitrogens is 4. The summed E-state index contributed by atoms with van der Waals surface area (Å²) in [5.74, 6) is 0. The molecule has 0 saturated heterocycles. The van der Waals surface area contributed by atoms with Gasteiger partial charge in [-0.1, -0.05) is 0 Å². The van der Waals surface area contributed by atoms with Gasteiger partial charge in [0, 0.05) is 17.7 Å². The summed E-state index contributed by atoms with van der Waals surface area (Å²) in [5, 5.41) is 6.99. The van der Waals surface area contributed by atoms with E-state index < -0.39 is 0 Å². The monoisotopic (exact) mass is 340 g/mol. The molecular weight excluding hydrogens is 324 g/mol. The fourth-order valence-electron chi connectivity index (χ4n) is 2.07. The first-order chi connectivity index (χ1) is 9.36. The summed E-state index contributed by atoms with van der Waals surface area (Å²) in [6, 6.07) is 0. The second-order valence-corrected chi connectivity index (χ2v) is 5.54. The quantitative estimate of drug-likeness (QED) is 0.919. The summed E-state index contributed by atoms with van der Waals surface area (Å²) in [6.45, 7) is 8.17. The zero-order valence-corrected chi connectivity index (χ0v) is 13.5. The van der Waals surface area contributed by atoms with Crippen molar-refractivity contribution in [3.8, 4) is 0 Å². The third-order valence-corrected chi connectivity index (χ3v) is 4.50. The number of aryl methyl sites for hydroxylation is 2. The topological polar surface area (TPSA) is 72.7 Å². The lowest BCUT2D eigenvalue weighted by molar-refractivity contribution is 0.550. The van der Waals surface area contributed by atoms with Crippen molar-refractivity contribution in [2.24, 2.45) is 0 Å². The average molecular weight is 341 g/mol. The minimum Gasteiger partial charge on any atom is -0.268 e. The predicted octanol–water partition coefficient (Wildman–Crippen LogP) is 1.49. The van der Waals surface area contributed by atoms with Gasteiger partial charge in [-0.2, -0.15) is 5.10 Å². The number of aromatic amines is 1. The van der Waals surface area contributed by atoms with Crippen LogP contribution in [0.4, 0.5) is 0 Å². The van der Waals surface area contributed by atoms with Gasteiger partial charge < -0.3 is 0 Å². The van der Waals surface area contributed by atoms with Gasteiger partial charge in [0.25, 0.3) is 11.1 Å². The molecule has 0 aliphatic heterocycles. The third-order valence-electron chi connectivity index (χ3n) is 3.47. The molecule has 2 aromatic rings. The molecule has 0 aromatic carbocycles. The molecule has 1 N–H and O–H groups in total. The van der Waals surface area contributed by atoms with Gasteiger partial charge >= 0.3 is 0 Å². The van der Waals surface area contributed by atoms with Crippen LogP contribution in [0.1, 0.15) is 29.4 Å². The highest BCUT2D eigenvalue weighted by Gasteiger charge is 2.15. The molecule has 7 heteroatoms. The number of H-pyrrole nitrogens is 1. The van der Waals surface area contributed by atoms with Gasteiger partial charge in [-0.05, 0) is 43.6 Å². The van der Waals surface area contributed by atoms with Crippen LogP contribution < -0.4 is 11.1 Å². The Bertz CT molecular complexity index is 770. The van der Waals surface area contributed by atoms with Gasteiger partial charge in [-0.3, -0.25) is 19.4 Å². The van der Waals surface area contributed by atoms with Crippen LogP contribution in [0, 0.1) is 20.8 Å². The first kappa shape index (κ1) is 14.8. The van der Waals surface area contributed by atoms with E-state index in [-0.39, 0.29) is 17.7 Å². The maximum absolute atomic E-state index is 12.2. The highest BCUT2D eigenvalue weighted by atomic mass is 79.9. The van der Waals surface area contributed by atoms with Gasteiger partial charge in [0.15, 0.2) is 0 Å². The van der Waals surface area contributed by atoms with Crippen molar-refractivity contribution in [3.05, 3.63) is 47.7 Å². The summed E-state index contributed by atoms with van der Waals surface area (Å²) in [4.78, 5) is 24.0. The van der Waals surface area contributed by atoms with E-state index in [4.69, 9.17) is 0 Å². The molecule has 108 valence electrons. The molecular formula is C13H17BrN4O2. The van der Waals surface area contributed by atoms with Crippen LogP contribution in [-0.2, 0) is 13.1 Å². The van der Waals surface area contributed by atoms with E-state index in [9.17, 15) is 9.59 Å². The standard InChI is InChI=1S/C13H17BrN4O2/c1-5-17-10(11(14)9(4)15-17)6-18-13(20)8(3)7(2)12(19)16-18/h5-6H2,1-4H3,(H,16,19). The van der Waals surface area contributed by atoms with E-state index in [1.165, 1.54) is 4.68 Å².